The minimum atomic E-state index is -4.12. The molecule has 0 bridgehead atoms. The zero-order chi connectivity index (χ0) is 14.8. The van der Waals surface area contributed by atoms with Gasteiger partial charge in [0.05, 0.1) is 10.6 Å². The van der Waals surface area contributed by atoms with Crippen molar-refractivity contribution in [3.8, 4) is 0 Å². The number of nitrogens with one attached hydrogen (secondary N) is 2. The molecule has 0 fully saturated rings. The molecule has 108 valence electrons. The lowest BCUT2D eigenvalue weighted by Crippen LogP contribution is -2.35. The van der Waals surface area contributed by atoms with Crippen LogP contribution in [0.5, 0.6) is 0 Å². The second kappa shape index (κ2) is 5.41. The Bertz CT molecular complexity index is 671. The van der Waals surface area contributed by atoms with Gasteiger partial charge in [-0.05, 0) is 32.0 Å². The van der Waals surface area contributed by atoms with Crippen LogP contribution in [-0.2, 0) is 20.2 Å². The molecule has 0 radical (unpaired) electrons. The number of nitrogens with two attached hydrogens (primary N) is 1. The molecule has 10 heteroatoms. The van der Waals surface area contributed by atoms with Gasteiger partial charge in [0.1, 0.15) is 5.82 Å². The predicted molar refractivity (Wildman–Crippen MR) is 68.6 cm³/mol. The van der Waals surface area contributed by atoms with Crippen molar-refractivity contribution in [2.24, 2.45) is 5.14 Å². The van der Waals surface area contributed by atoms with E-state index in [4.69, 9.17) is 5.14 Å². The highest BCUT2D eigenvalue weighted by atomic mass is 32.2. The summed E-state index contributed by atoms with van der Waals surface area (Å²) in [5.74, 6) is -0.922. The number of sulfonamides is 1. The third-order valence-corrected chi connectivity index (χ3v) is 4.02. The number of primary sulfonamides is 1. The van der Waals surface area contributed by atoms with Gasteiger partial charge in [0, 0.05) is 6.04 Å². The highest BCUT2D eigenvalue weighted by Gasteiger charge is 2.15. The fourth-order valence-corrected chi connectivity index (χ4v) is 2.96. The molecule has 0 aliphatic rings. The van der Waals surface area contributed by atoms with E-state index in [0.717, 1.165) is 12.1 Å². The predicted octanol–water partition coefficient (Wildman–Crippen LogP) is 0.128. The summed E-state index contributed by atoms with van der Waals surface area (Å²) in [6.07, 6.45) is 0. The minimum Gasteiger partial charge on any atom is -0.271 e. The zero-order valence-electron chi connectivity index (χ0n) is 10.2. The summed E-state index contributed by atoms with van der Waals surface area (Å²) in [5, 5.41) is 4.85. The molecular formula is C9H14FN3O4S2. The maximum absolute atomic E-state index is 13.2. The van der Waals surface area contributed by atoms with Gasteiger partial charge in [0.15, 0.2) is 0 Å². The fourth-order valence-electron chi connectivity index (χ4n) is 1.28. The van der Waals surface area contributed by atoms with Gasteiger partial charge in [-0.2, -0.15) is 13.1 Å². The van der Waals surface area contributed by atoms with Gasteiger partial charge in [0.2, 0.25) is 10.0 Å². The van der Waals surface area contributed by atoms with Crippen LogP contribution in [0.15, 0.2) is 23.1 Å². The molecule has 1 aromatic carbocycles. The highest BCUT2D eigenvalue weighted by Crippen LogP contribution is 2.18. The van der Waals surface area contributed by atoms with Crippen molar-refractivity contribution in [3.63, 3.8) is 0 Å². The smallest absolute Gasteiger partial charge is 0.271 e. The normalized spacial score (nSPS) is 12.7. The van der Waals surface area contributed by atoms with Crippen LogP contribution in [0.4, 0.5) is 10.1 Å². The van der Waals surface area contributed by atoms with Gasteiger partial charge in [-0.25, -0.2) is 17.9 Å². The summed E-state index contributed by atoms with van der Waals surface area (Å²) in [6.45, 7) is 3.20. The third-order valence-electron chi connectivity index (χ3n) is 1.84. The molecule has 0 saturated carbocycles. The Kier molecular flexibility index (Phi) is 4.50. The number of benzene rings is 1. The first-order valence-corrected chi connectivity index (χ1v) is 8.16. The van der Waals surface area contributed by atoms with Crippen LogP contribution in [0.25, 0.3) is 0 Å². The Hall–Kier alpha value is -1.23. The van der Waals surface area contributed by atoms with Crippen molar-refractivity contribution in [1.82, 2.24) is 4.72 Å². The summed E-state index contributed by atoms with van der Waals surface area (Å²) < 4.78 is 62.7. The average molecular weight is 311 g/mol. The third kappa shape index (κ3) is 5.11. The van der Waals surface area contributed by atoms with Crippen LogP contribution in [0.3, 0.4) is 0 Å². The summed E-state index contributed by atoms with van der Waals surface area (Å²) >= 11 is 0. The summed E-state index contributed by atoms with van der Waals surface area (Å²) in [5.41, 5.74) is -0.239. The molecule has 0 heterocycles. The van der Waals surface area contributed by atoms with Gasteiger partial charge < -0.3 is 0 Å². The first-order valence-electron chi connectivity index (χ1n) is 5.13. The number of hydrogen-bond acceptors (Lipinski definition) is 4. The van der Waals surface area contributed by atoms with E-state index in [0.29, 0.717) is 6.07 Å². The minimum absolute atomic E-state index is 0.239. The van der Waals surface area contributed by atoms with Crippen molar-refractivity contribution >= 4 is 25.9 Å². The van der Waals surface area contributed by atoms with Crippen molar-refractivity contribution in [2.45, 2.75) is 24.8 Å². The quantitative estimate of drug-likeness (QED) is 0.716. The molecule has 0 saturated heterocycles. The van der Waals surface area contributed by atoms with E-state index < -0.39 is 30.9 Å². The number of anilines is 1. The highest BCUT2D eigenvalue weighted by molar-refractivity contribution is 7.90. The molecule has 0 amide bonds. The van der Waals surface area contributed by atoms with E-state index in [1.165, 1.54) is 0 Å². The Morgan fingerprint density at radius 3 is 2.21 bits per heavy atom. The molecular weight excluding hydrogens is 297 g/mol. The molecule has 1 aromatic rings. The molecule has 0 spiro atoms. The van der Waals surface area contributed by atoms with Crippen LogP contribution >= 0.6 is 0 Å². The lowest BCUT2D eigenvalue weighted by atomic mass is 10.3. The molecule has 1 rings (SSSR count). The lowest BCUT2D eigenvalue weighted by molar-refractivity contribution is 0.574. The Labute approximate surface area is 111 Å². The summed E-state index contributed by atoms with van der Waals surface area (Å²) in [4.78, 5) is -0.519. The zero-order valence-corrected chi connectivity index (χ0v) is 11.8. The van der Waals surface area contributed by atoms with E-state index in [2.05, 4.69) is 4.72 Å². The lowest BCUT2D eigenvalue weighted by Gasteiger charge is -2.12. The van der Waals surface area contributed by atoms with Gasteiger partial charge >= 0.3 is 0 Å². The Morgan fingerprint density at radius 2 is 1.74 bits per heavy atom. The van der Waals surface area contributed by atoms with Crippen LogP contribution < -0.4 is 14.6 Å². The van der Waals surface area contributed by atoms with Crippen LogP contribution in [0.2, 0.25) is 0 Å². The van der Waals surface area contributed by atoms with Gasteiger partial charge in [-0.15, -0.1) is 0 Å². The standard InChI is InChI=1S/C9H14FN3O4S2/c1-6(2)12-19(16,17)13-8-3-7(10)4-9(5-8)18(11,14)15/h3-6,12-13H,1-2H3,(H2,11,14,15). The van der Waals surface area contributed by atoms with Gasteiger partial charge in [-0.1, -0.05) is 0 Å². The molecule has 4 N–H and O–H groups in total. The van der Waals surface area contributed by atoms with Crippen LogP contribution in [0, 0.1) is 5.82 Å². The van der Waals surface area contributed by atoms with E-state index in [-0.39, 0.29) is 11.7 Å². The van der Waals surface area contributed by atoms with E-state index in [9.17, 15) is 21.2 Å². The molecule has 0 atom stereocenters. The molecule has 0 aliphatic carbocycles. The average Bonchev–Trinajstić information content (AvgIpc) is 2.11. The Balaban J connectivity index is 3.13. The van der Waals surface area contributed by atoms with Crippen molar-refractivity contribution in [2.75, 3.05) is 4.72 Å². The molecule has 7 nitrogen and oxygen atoms in total. The maximum atomic E-state index is 13.2. The van der Waals surface area contributed by atoms with Gasteiger partial charge in [-0.3, -0.25) is 4.72 Å². The second-order valence-electron chi connectivity index (χ2n) is 4.10. The number of hydrogen-bond donors (Lipinski definition) is 3. The van der Waals surface area contributed by atoms with Crippen molar-refractivity contribution < 1.29 is 21.2 Å². The summed E-state index contributed by atoms with van der Waals surface area (Å²) in [7, 11) is -8.04. The van der Waals surface area contributed by atoms with Crippen LogP contribution in [0.1, 0.15) is 13.8 Å². The molecule has 0 aliphatic heterocycles. The largest absolute Gasteiger partial charge is 0.299 e. The molecule has 0 aromatic heterocycles. The van der Waals surface area contributed by atoms with Crippen LogP contribution in [-0.4, -0.2) is 22.9 Å². The first kappa shape index (κ1) is 15.8. The second-order valence-corrected chi connectivity index (χ2v) is 7.11. The van der Waals surface area contributed by atoms with E-state index in [1.807, 2.05) is 4.72 Å². The summed E-state index contributed by atoms with van der Waals surface area (Å²) in [6, 6.07) is 2.10. The SMILES string of the molecule is CC(C)NS(=O)(=O)Nc1cc(F)cc(S(N)(=O)=O)c1. The molecule has 19 heavy (non-hydrogen) atoms. The van der Waals surface area contributed by atoms with E-state index in [1.54, 1.807) is 13.8 Å². The topological polar surface area (TPSA) is 118 Å². The monoisotopic (exact) mass is 311 g/mol. The van der Waals surface area contributed by atoms with Gasteiger partial charge in [0.25, 0.3) is 10.2 Å². The molecule has 0 unspecified atom stereocenters. The van der Waals surface area contributed by atoms with Crippen molar-refractivity contribution in [3.05, 3.63) is 24.0 Å². The Morgan fingerprint density at radius 1 is 1.16 bits per heavy atom. The number of halogens is 1. The number of rotatable bonds is 5. The first-order chi connectivity index (χ1) is 8.49. The van der Waals surface area contributed by atoms with Crippen molar-refractivity contribution in [1.29, 1.82) is 0 Å². The van der Waals surface area contributed by atoms with E-state index >= 15 is 0 Å². The maximum Gasteiger partial charge on any atom is 0.299 e. The fraction of sp³-hybridized carbons (Fsp3) is 0.333.